The molecular formula is C15H19NO4S. The zero-order valence-corrected chi connectivity index (χ0v) is 12.5. The van der Waals surface area contributed by atoms with E-state index in [2.05, 4.69) is 16.6 Å². The standard InChI is InChI=1S/C15H19NO4S/c17-8-2-1-4-13-5-3-6-15(10-13)21(18,19)16-11-14-7-9-20-12-14/h3,5-6,10,14,16-17H,2,7-9,11-12H2. The summed E-state index contributed by atoms with van der Waals surface area (Å²) in [6.07, 6.45) is 1.26. The van der Waals surface area contributed by atoms with Crippen molar-refractivity contribution in [2.24, 2.45) is 5.92 Å². The fourth-order valence-corrected chi connectivity index (χ4v) is 3.18. The highest BCUT2D eigenvalue weighted by Gasteiger charge is 2.20. The summed E-state index contributed by atoms with van der Waals surface area (Å²) in [6, 6.07) is 6.49. The van der Waals surface area contributed by atoms with Crippen molar-refractivity contribution in [3.63, 3.8) is 0 Å². The van der Waals surface area contributed by atoms with Gasteiger partial charge in [-0.05, 0) is 30.5 Å². The molecule has 2 N–H and O–H groups in total. The Kier molecular flexibility index (Phi) is 5.76. The first-order chi connectivity index (χ1) is 10.1. The summed E-state index contributed by atoms with van der Waals surface area (Å²) >= 11 is 0. The molecule has 1 aliphatic heterocycles. The van der Waals surface area contributed by atoms with Gasteiger partial charge in [-0.15, -0.1) is 0 Å². The van der Waals surface area contributed by atoms with Crippen molar-refractivity contribution in [1.29, 1.82) is 0 Å². The van der Waals surface area contributed by atoms with Crippen LogP contribution in [0.15, 0.2) is 29.2 Å². The molecule has 1 unspecified atom stereocenters. The number of sulfonamides is 1. The maximum Gasteiger partial charge on any atom is 0.240 e. The molecule has 0 saturated carbocycles. The van der Waals surface area contributed by atoms with Crippen LogP contribution in [0.1, 0.15) is 18.4 Å². The molecule has 21 heavy (non-hydrogen) atoms. The summed E-state index contributed by atoms with van der Waals surface area (Å²) < 4.78 is 32.3. The Bertz CT molecular complexity index is 625. The minimum Gasteiger partial charge on any atom is -0.395 e. The molecule has 0 aromatic heterocycles. The molecule has 1 aromatic rings. The van der Waals surface area contributed by atoms with Crippen LogP contribution in [0.25, 0.3) is 0 Å². The summed E-state index contributed by atoms with van der Waals surface area (Å²) in [7, 11) is -3.52. The van der Waals surface area contributed by atoms with E-state index < -0.39 is 10.0 Å². The highest BCUT2D eigenvalue weighted by atomic mass is 32.2. The average Bonchev–Trinajstić information content (AvgIpc) is 2.99. The first kappa shape index (κ1) is 16.0. The molecule has 0 bridgehead atoms. The van der Waals surface area contributed by atoms with E-state index in [1.54, 1.807) is 18.2 Å². The van der Waals surface area contributed by atoms with Crippen LogP contribution in [-0.2, 0) is 14.8 Å². The zero-order chi connectivity index (χ0) is 15.1. The Hall–Kier alpha value is -1.39. The third-order valence-electron chi connectivity index (χ3n) is 3.20. The van der Waals surface area contributed by atoms with Crippen LogP contribution in [0.3, 0.4) is 0 Å². The smallest absolute Gasteiger partial charge is 0.240 e. The van der Waals surface area contributed by atoms with Crippen LogP contribution in [0.4, 0.5) is 0 Å². The third kappa shape index (κ3) is 4.83. The van der Waals surface area contributed by atoms with E-state index in [0.717, 1.165) is 6.42 Å². The minimum absolute atomic E-state index is 0.00396. The van der Waals surface area contributed by atoms with Gasteiger partial charge in [0.15, 0.2) is 0 Å². The SMILES string of the molecule is O=S(=O)(NCC1CCOC1)c1cccc(C#CCCO)c1. The maximum absolute atomic E-state index is 12.2. The molecule has 1 atom stereocenters. The van der Waals surface area contributed by atoms with Crippen molar-refractivity contribution in [2.75, 3.05) is 26.4 Å². The number of nitrogens with one attached hydrogen (secondary N) is 1. The van der Waals surface area contributed by atoms with Crippen LogP contribution < -0.4 is 4.72 Å². The molecule has 2 rings (SSSR count). The summed E-state index contributed by atoms with van der Waals surface area (Å²) in [6.45, 7) is 1.69. The molecule has 1 fully saturated rings. The highest BCUT2D eigenvalue weighted by molar-refractivity contribution is 7.89. The van der Waals surface area contributed by atoms with Crippen molar-refractivity contribution < 1.29 is 18.3 Å². The van der Waals surface area contributed by atoms with E-state index in [9.17, 15) is 8.42 Å². The molecule has 0 amide bonds. The molecule has 0 spiro atoms. The lowest BCUT2D eigenvalue weighted by Gasteiger charge is -2.10. The molecule has 0 aliphatic carbocycles. The summed E-state index contributed by atoms with van der Waals surface area (Å²) in [5, 5.41) is 8.68. The van der Waals surface area contributed by atoms with Gasteiger partial charge in [0.2, 0.25) is 10.0 Å². The Morgan fingerprint density at radius 3 is 3.00 bits per heavy atom. The van der Waals surface area contributed by atoms with Crippen LogP contribution >= 0.6 is 0 Å². The van der Waals surface area contributed by atoms with Crippen molar-refractivity contribution in [3.05, 3.63) is 29.8 Å². The van der Waals surface area contributed by atoms with E-state index in [1.165, 1.54) is 6.07 Å². The second-order valence-corrected chi connectivity index (χ2v) is 6.65. The van der Waals surface area contributed by atoms with Gasteiger partial charge in [-0.1, -0.05) is 17.9 Å². The number of hydrogen-bond donors (Lipinski definition) is 2. The summed E-state index contributed by atoms with van der Waals surface area (Å²) in [5.74, 6) is 5.85. The Morgan fingerprint density at radius 1 is 1.43 bits per heavy atom. The lowest BCUT2D eigenvalue weighted by molar-refractivity contribution is 0.186. The Labute approximate surface area is 125 Å². The maximum atomic E-state index is 12.2. The molecule has 114 valence electrons. The van der Waals surface area contributed by atoms with Gasteiger partial charge in [-0.25, -0.2) is 13.1 Å². The first-order valence-electron chi connectivity index (χ1n) is 6.89. The topological polar surface area (TPSA) is 75.6 Å². The lowest BCUT2D eigenvalue weighted by Crippen LogP contribution is -2.29. The van der Waals surface area contributed by atoms with Crippen molar-refractivity contribution in [2.45, 2.75) is 17.7 Å². The summed E-state index contributed by atoms with van der Waals surface area (Å²) in [5.41, 5.74) is 0.621. The zero-order valence-electron chi connectivity index (χ0n) is 11.7. The fraction of sp³-hybridized carbons (Fsp3) is 0.467. The van der Waals surface area contributed by atoms with Gasteiger partial charge in [0, 0.05) is 25.1 Å². The van der Waals surface area contributed by atoms with Gasteiger partial charge in [0.25, 0.3) is 0 Å². The minimum atomic E-state index is -3.52. The number of aliphatic hydroxyl groups excluding tert-OH is 1. The van der Waals surface area contributed by atoms with Gasteiger partial charge in [-0.2, -0.15) is 0 Å². The van der Waals surface area contributed by atoms with Crippen LogP contribution in [-0.4, -0.2) is 39.9 Å². The quantitative estimate of drug-likeness (QED) is 0.787. The van der Waals surface area contributed by atoms with Crippen molar-refractivity contribution >= 4 is 10.0 Å². The van der Waals surface area contributed by atoms with Crippen molar-refractivity contribution in [3.8, 4) is 11.8 Å². The number of rotatable bonds is 5. The molecule has 1 heterocycles. The summed E-state index contributed by atoms with van der Waals surface area (Å²) in [4.78, 5) is 0.206. The molecule has 1 aliphatic rings. The predicted octanol–water partition coefficient (Wildman–Crippen LogP) is 0.735. The van der Waals surface area contributed by atoms with Gasteiger partial charge < -0.3 is 9.84 Å². The molecule has 1 aromatic carbocycles. The lowest BCUT2D eigenvalue weighted by atomic mass is 10.1. The largest absolute Gasteiger partial charge is 0.395 e. The molecule has 6 heteroatoms. The molecular weight excluding hydrogens is 290 g/mol. The Balaban J connectivity index is 2.05. The van der Waals surface area contributed by atoms with Gasteiger partial charge in [0.1, 0.15) is 0 Å². The highest BCUT2D eigenvalue weighted by Crippen LogP contribution is 2.14. The van der Waals surface area contributed by atoms with Crippen LogP contribution in [0, 0.1) is 17.8 Å². The number of benzene rings is 1. The fourth-order valence-electron chi connectivity index (χ4n) is 2.02. The van der Waals surface area contributed by atoms with E-state index in [1.807, 2.05) is 0 Å². The second kappa shape index (κ2) is 7.57. The molecule has 0 radical (unpaired) electrons. The molecule has 1 saturated heterocycles. The Morgan fingerprint density at radius 2 is 2.29 bits per heavy atom. The van der Waals surface area contributed by atoms with Crippen LogP contribution in [0.2, 0.25) is 0 Å². The van der Waals surface area contributed by atoms with Gasteiger partial charge in [0.05, 0.1) is 18.1 Å². The van der Waals surface area contributed by atoms with E-state index in [0.29, 0.717) is 31.7 Å². The van der Waals surface area contributed by atoms with Gasteiger partial charge in [-0.3, -0.25) is 0 Å². The normalized spacial score (nSPS) is 18.2. The van der Waals surface area contributed by atoms with Crippen molar-refractivity contribution in [1.82, 2.24) is 4.72 Å². The predicted molar refractivity (Wildman–Crippen MR) is 79.1 cm³/mol. The second-order valence-electron chi connectivity index (χ2n) is 4.88. The molecule has 5 nitrogen and oxygen atoms in total. The first-order valence-corrected chi connectivity index (χ1v) is 8.37. The number of hydrogen-bond acceptors (Lipinski definition) is 4. The average molecular weight is 309 g/mol. The van der Waals surface area contributed by atoms with Crippen LogP contribution in [0.5, 0.6) is 0 Å². The third-order valence-corrected chi connectivity index (χ3v) is 4.62. The monoisotopic (exact) mass is 309 g/mol. The number of aliphatic hydroxyl groups is 1. The number of ether oxygens (including phenoxy) is 1. The van der Waals surface area contributed by atoms with E-state index >= 15 is 0 Å². The van der Waals surface area contributed by atoms with Gasteiger partial charge >= 0.3 is 0 Å². The van der Waals surface area contributed by atoms with E-state index in [-0.39, 0.29) is 17.4 Å². The van der Waals surface area contributed by atoms with E-state index in [4.69, 9.17) is 9.84 Å².